The zero-order valence-corrected chi connectivity index (χ0v) is 11.7. The van der Waals surface area contributed by atoms with Gasteiger partial charge in [0.15, 0.2) is 0 Å². The van der Waals surface area contributed by atoms with Gasteiger partial charge in [-0.15, -0.1) is 5.10 Å². The van der Waals surface area contributed by atoms with Crippen molar-refractivity contribution >= 4 is 23.2 Å². The van der Waals surface area contributed by atoms with Gasteiger partial charge in [0.2, 0.25) is 5.82 Å². The molecule has 0 spiro atoms. The average Bonchev–Trinajstić information content (AvgIpc) is 2.71. The molecule has 0 radical (unpaired) electrons. The Hall–Kier alpha value is -1.60. The predicted molar refractivity (Wildman–Crippen MR) is 70.1 cm³/mol. The van der Waals surface area contributed by atoms with Crippen LogP contribution in [0.3, 0.4) is 0 Å². The maximum atomic E-state index is 12.8. The second kappa shape index (κ2) is 5.41. The van der Waals surface area contributed by atoms with Gasteiger partial charge in [-0.05, 0) is 13.0 Å². The lowest BCUT2D eigenvalue weighted by Gasteiger charge is -2.05. The number of halogens is 4. The third-order valence-electron chi connectivity index (χ3n) is 2.65. The van der Waals surface area contributed by atoms with E-state index in [4.69, 9.17) is 23.2 Å². The molecule has 1 aromatic heterocycles. The van der Waals surface area contributed by atoms with E-state index in [1.165, 1.54) is 6.07 Å². The zero-order chi connectivity index (χ0) is 15.0. The summed E-state index contributed by atoms with van der Waals surface area (Å²) in [6.45, 7) is 1.58. The van der Waals surface area contributed by atoms with Crippen LogP contribution in [-0.4, -0.2) is 19.5 Å². The molecule has 2 rings (SSSR count). The fourth-order valence-electron chi connectivity index (χ4n) is 1.72. The minimum atomic E-state index is -2.90. The summed E-state index contributed by atoms with van der Waals surface area (Å²) in [6.07, 6.45) is -2.90. The number of phenols is 1. The topological polar surface area (TPSA) is 60.1 Å². The van der Waals surface area contributed by atoms with Crippen LogP contribution in [-0.2, 0) is 6.54 Å². The van der Waals surface area contributed by atoms with E-state index in [2.05, 4.69) is 5.10 Å². The van der Waals surface area contributed by atoms with Crippen LogP contribution < -0.4 is 5.69 Å². The van der Waals surface area contributed by atoms with Gasteiger partial charge in [0.1, 0.15) is 5.75 Å². The number of nitrogens with zero attached hydrogens (tertiary/aromatic N) is 3. The zero-order valence-electron chi connectivity index (χ0n) is 10.1. The van der Waals surface area contributed by atoms with Gasteiger partial charge in [-0.2, -0.15) is 4.68 Å². The largest absolute Gasteiger partial charge is 0.506 e. The first-order valence-corrected chi connectivity index (χ1v) is 6.28. The molecule has 0 amide bonds. The smallest absolute Gasteiger partial charge is 0.350 e. The van der Waals surface area contributed by atoms with E-state index in [-0.39, 0.29) is 28.0 Å². The van der Waals surface area contributed by atoms with Crippen LogP contribution in [0.5, 0.6) is 5.75 Å². The average molecular weight is 324 g/mol. The maximum Gasteiger partial charge on any atom is 0.350 e. The Labute approximate surface area is 122 Å². The molecule has 108 valence electrons. The summed E-state index contributed by atoms with van der Waals surface area (Å²) in [6, 6.07) is 2.29. The molecule has 0 aliphatic carbocycles. The van der Waals surface area contributed by atoms with Crippen molar-refractivity contribution in [1.82, 2.24) is 14.3 Å². The van der Waals surface area contributed by atoms with E-state index in [9.17, 15) is 18.7 Å². The molecule has 9 heteroatoms. The van der Waals surface area contributed by atoms with Gasteiger partial charge in [-0.25, -0.2) is 13.6 Å². The fraction of sp³-hybridized carbons (Fsp3) is 0.273. The molecule has 1 heterocycles. The van der Waals surface area contributed by atoms with Crippen LogP contribution >= 0.6 is 23.2 Å². The fourth-order valence-corrected chi connectivity index (χ4v) is 2.18. The number of rotatable bonds is 3. The lowest BCUT2D eigenvalue weighted by Crippen LogP contribution is -2.24. The van der Waals surface area contributed by atoms with Crippen molar-refractivity contribution in [2.24, 2.45) is 0 Å². The lowest BCUT2D eigenvalue weighted by atomic mass is 10.3. The number of alkyl halides is 2. The molecule has 1 aromatic carbocycles. The molecule has 0 saturated heterocycles. The first kappa shape index (κ1) is 14.8. The molecule has 0 bridgehead atoms. The van der Waals surface area contributed by atoms with E-state index >= 15 is 0 Å². The van der Waals surface area contributed by atoms with Gasteiger partial charge in [0.05, 0.1) is 15.7 Å². The van der Waals surface area contributed by atoms with Gasteiger partial charge in [0.25, 0.3) is 6.43 Å². The van der Waals surface area contributed by atoms with Crippen molar-refractivity contribution in [2.75, 3.05) is 0 Å². The summed E-state index contributed by atoms with van der Waals surface area (Å²) in [5.74, 6) is -0.995. The van der Waals surface area contributed by atoms with E-state index in [0.29, 0.717) is 4.68 Å². The minimum Gasteiger partial charge on any atom is -0.506 e. The molecule has 2 aromatic rings. The van der Waals surface area contributed by atoms with E-state index < -0.39 is 17.9 Å². The molecular weight excluding hydrogens is 315 g/mol. The van der Waals surface area contributed by atoms with Crippen molar-refractivity contribution in [1.29, 1.82) is 0 Å². The van der Waals surface area contributed by atoms with Crippen LogP contribution in [0, 0.1) is 0 Å². The highest BCUT2D eigenvalue weighted by Gasteiger charge is 2.22. The van der Waals surface area contributed by atoms with Crippen molar-refractivity contribution in [2.45, 2.75) is 19.9 Å². The van der Waals surface area contributed by atoms with Crippen LogP contribution in [0.15, 0.2) is 16.9 Å². The van der Waals surface area contributed by atoms with Crippen molar-refractivity contribution in [3.63, 3.8) is 0 Å². The second-order valence-corrected chi connectivity index (χ2v) is 4.67. The predicted octanol–water partition coefficient (Wildman–Crippen LogP) is 3.00. The Morgan fingerprint density at radius 3 is 2.50 bits per heavy atom. The molecule has 0 aliphatic rings. The van der Waals surface area contributed by atoms with E-state index in [1.54, 1.807) is 6.92 Å². The van der Waals surface area contributed by atoms with Crippen LogP contribution in [0.25, 0.3) is 5.69 Å². The Morgan fingerprint density at radius 1 is 1.35 bits per heavy atom. The summed E-state index contributed by atoms with van der Waals surface area (Å²) in [4.78, 5) is 12.0. The molecular formula is C11H9Cl2F2N3O2. The standard InChI is InChI=1S/C11H9Cl2F2N3O2/c1-2-17-10(9(14)15)16-18(11(17)20)7-4-8(19)6(13)3-5(7)12/h3-4,9,19H,2H2,1H3. The highest BCUT2D eigenvalue weighted by molar-refractivity contribution is 6.36. The van der Waals surface area contributed by atoms with Crippen molar-refractivity contribution in [3.8, 4) is 11.4 Å². The van der Waals surface area contributed by atoms with Gasteiger partial charge in [-0.3, -0.25) is 4.57 Å². The van der Waals surface area contributed by atoms with E-state index in [0.717, 1.165) is 10.6 Å². The third-order valence-corrected chi connectivity index (χ3v) is 3.25. The number of hydrogen-bond acceptors (Lipinski definition) is 3. The number of benzene rings is 1. The highest BCUT2D eigenvalue weighted by atomic mass is 35.5. The lowest BCUT2D eigenvalue weighted by molar-refractivity contribution is 0.134. The summed E-state index contributed by atoms with van der Waals surface area (Å²) in [5, 5.41) is 13.1. The Bertz CT molecular complexity index is 712. The minimum absolute atomic E-state index is 0.0106. The molecule has 5 nitrogen and oxygen atoms in total. The quantitative estimate of drug-likeness (QED) is 0.944. The van der Waals surface area contributed by atoms with E-state index in [1.807, 2.05) is 0 Å². The molecule has 0 saturated carbocycles. The normalized spacial score (nSPS) is 11.3. The molecule has 0 atom stereocenters. The molecule has 0 fully saturated rings. The SMILES string of the molecule is CCn1c(C(F)F)nn(-c2cc(O)c(Cl)cc2Cl)c1=O. The first-order chi connectivity index (χ1) is 9.36. The van der Waals surface area contributed by atoms with Crippen LogP contribution in [0.1, 0.15) is 19.2 Å². The van der Waals surface area contributed by atoms with Crippen molar-refractivity contribution in [3.05, 3.63) is 38.5 Å². The van der Waals surface area contributed by atoms with Crippen LogP contribution in [0.4, 0.5) is 8.78 Å². The number of hydrogen-bond donors (Lipinski definition) is 1. The van der Waals surface area contributed by atoms with Gasteiger partial charge < -0.3 is 5.11 Å². The number of aromatic hydroxyl groups is 1. The van der Waals surface area contributed by atoms with Crippen molar-refractivity contribution < 1.29 is 13.9 Å². The van der Waals surface area contributed by atoms with Crippen LogP contribution in [0.2, 0.25) is 10.0 Å². The van der Waals surface area contributed by atoms with Gasteiger partial charge in [-0.1, -0.05) is 23.2 Å². The summed E-state index contributed by atoms with van der Waals surface area (Å²) in [7, 11) is 0. The number of phenolic OH excluding ortho intramolecular Hbond substituents is 1. The third kappa shape index (κ3) is 2.38. The second-order valence-electron chi connectivity index (χ2n) is 3.85. The van der Waals surface area contributed by atoms with Gasteiger partial charge in [0, 0.05) is 12.6 Å². The Kier molecular flexibility index (Phi) is 4.01. The summed E-state index contributed by atoms with van der Waals surface area (Å²) >= 11 is 11.6. The summed E-state index contributed by atoms with van der Waals surface area (Å²) in [5.41, 5.74) is -0.793. The monoisotopic (exact) mass is 323 g/mol. The Balaban J connectivity index is 2.71. The first-order valence-electron chi connectivity index (χ1n) is 5.53. The molecule has 0 aliphatic heterocycles. The Morgan fingerprint density at radius 2 is 2.00 bits per heavy atom. The molecule has 20 heavy (non-hydrogen) atoms. The van der Waals surface area contributed by atoms with Gasteiger partial charge >= 0.3 is 5.69 Å². The maximum absolute atomic E-state index is 12.8. The highest BCUT2D eigenvalue weighted by Crippen LogP contribution is 2.31. The summed E-state index contributed by atoms with van der Waals surface area (Å²) < 4.78 is 27.2. The number of aromatic nitrogens is 3. The molecule has 1 N–H and O–H groups in total. The molecule has 0 unspecified atom stereocenters.